The molecule has 0 aromatic heterocycles. The van der Waals surface area contributed by atoms with Crippen molar-refractivity contribution in [2.24, 2.45) is 5.73 Å². The van der Waals surface area contributed by atoms with E-state index in [9.17, 15) is 5.11 Å². The molecule has 21 heavy (non-hydrogen) atoms. The number of aliphatic hydroxyl groups is 1. The number of rotatable bonds is 3. The summed E-state index contributed by atoms with van der Waals surface area (Å²) >= 11 is 6.14. The molecular formula is C16H23ClN2O2. The fraction of sp³-hybridized carbons (Fsp3) is 0.625. The van der Waals surface area contributed by atoms with Crippen molar-refractivity contribution >= 4 is 11.6 Å². The van der Waals surface area contributed by atoms with Crippen LogP contribution >= 0.6 is 11.6 Å². The van der Waals surface area contributed by atoms with Crippen LogP contribution in [0.4, 0.5) is 0 Å². The van der Waals surface area contributed by atoms with Gasteiger partial charge in [0.2, 0.25) is 6.41 Å². The summed E-state index contributed by atoms with van der Waals surface area (Å²) < 4.78 is 5.24. The highest BCUT2D eigenvalue weighted by molar-refractivity contribution is 6.30. The molecule has 1 aromatic carbocycles. The van der Waals surface area contributed by atoms with E-state index < -0.39 is 6.41 Å². The van der Waals surface area contributed by atoms with Gasteiger partial charge < -0.3 is 15.6 Å². The lowest BCUT2D eigenvalue weighted by atomic mass is 9.68. The van der Waals surface area contributed by atoms with Crippen molar-refractivity contribution in [2.45, 2.75) is 43.6 Å². The molecule has 0 radical (unpaired) electrons. The number of hydrogen-bond acceptors (Lipinski definition) is 4. The molecule has 1 saturated carbocycles. The minimum Gasteiger partial charge on any atom is -0.356 e. The number of nitrogens with zero attached hydrogens (tertiary/aromatic N) is 1. The van der Waals surface area contributed by atoms with Gasteiger partial charge in [0, 0.05) is 29.6 Å². The van der Waals surface area contributed by atoms with Gasteiger partial charge in [0.25, 0.3) is 0 Å². The maximum Gasteiger partial charge on any atom is 0.216 e. The van der Waals surface area contributed by atoms with E-state index in [4.69, 9.17) is 22.1 Å². The third-order valence-corrected chi connectivity index (χ3v) is 5.34. The van der Waals surface area contributed by atoms with Crippen LogP contribution in [0.1, 0.15) is 31.2 Å². The second-order valence-corrected chi connectivity index (χ2v) is 6.60. The van der Waals surface area contributed by atoms with E-state index >= 15 is 0 Å². The van der Waals surface area contributed by atoms with Gasteiger partial charge in [-0.2, -0.15) is 0 Å². The predicted molar refractivity (Wildman–Crippen MR) is 83.1 cm³/mol. The van der Waals surface area contributed by atoms with Crippen LogP contribution in [0.2, 0.25) is 5.02 Å². The van der Waals surface area contributed by atoms with Crippen LogP contribution in [0.3, 0.4) is 0 Å². The molecule has 1 saturated heterocycles. The van der Waals surface area contributed by atoms with Crippen LogP contribution < -0.4 is 5.73 Å². The minimum atomic E-state index is -0.730. The normalized spacial score (nSPS) is 34.2. The predicted octanol–water partition coefficient (Wildman–Crippen LogP) is 2.09. The molecule has 1 unspecified atom stereocenters. The summed E-state index contributed by atoms with van der Waals surface area (Å²) in [6, 6.07) is 8.47. The van der Waals surface area contributed by atoms with E-state index in [-0.39, 0.29) is 5.41 Å². The van der Waals surface area contributed by atoms with Gasteiger partial charge in [0.15, 0.2) is 0 Å². The van der Waals surface area contributed by atoms with Crippen molar-refractivity contribution in [1.82, 2.24) is 4.90 Å². The molecular weight excluding hydrogens is 288 g/mol. The lowest BCUT2D eigenvalue weighted by molar-refractivity contribution is -0.149. The second kappa shape index (κ2) is 6.23. The fourth-order valence-corrected chi connectivity index (χ4v) is 3.94. The highest BCUT2D eigenvalue weighted by Crippen LogP contribution is 2.41. The molecule has 2 aliphatic rings. The topological polar surface area (TPSA) is 58.7 Å². The number of ether oxygens (including phenoxy) is 1. The summed E-state index contributed by atoms with van der Waals surface area (Å²) in [6.07, 6.45) is 3.38. The van der Waals surface area contributed by atoms with Crippen molar-refractivity contribution < 1.29 is 9.84 Å². The van der Waals surface area contributed by atoms with E-state index in [1.54, 1.807) is 0 Å². The first-order valence-corrected chi connectivity index (χ1v) is 8.04. The summed E-state index contributed by atoms with van der Waals surface area (Å²) in [5.41, 5.74) is 7.38. The summed E-state index contributed by atoms with van der Waals surface area (Å²) in [5, 5.41) is 10.6. The highest BCUT2D eigenvalue weighted by Gasteiger charge is 2.40. The lowest BCUT2D eigenvalue weighted by Gasteiger charge is -2.42. The van der Waals surface area contributed by atoms with Crippen LogP contribution in [0.25, 0.3) is 0 Å². The average Bonchev–Trinajstić information content (AvgIpc) is 2.93. The van der Waals surface area contributed by atoms with Gasteiger partial charge in [-0.1, -0.05) is 23.7 Å². The van der Waals surface area contributed by atoms with Crippen LogP contribution in [0.5, 0.6) is 0 Å². The SMILES string of the molecule is NCC1(c2cccc(Cl)c2)CCC(N2CCOC2O)CC1. The summed E-state index contributed by atoms with van der Waals surface area (Å²) in [4.78, 5) is 2.07. The Bertz CT molecular complexity index is 489. The van der Waals surface area contributed by atoms with Crippen LogP contribution in [0, 0.1) is 0 Å². The molecule has 3 N–H and O–H groups in total. The van der Waals surface area contributed by atoms with Crippen molar-refractivity contribution in [3.05, 3.63) is 34.9 Å². The third-order valence-electron chi connectivity index (χ3n) is 5.11. The number of benzene rings is 1. The molecule has 5 heteroatoms. The molecule has 1 heterocycles. The molecule has 4 nitrogen and oxygen atoms in total. The number of aliphatic hydroxyl groups excluding tert-OH is 1. The molecule has 3 rings (SSSR count). The van der Waals surface area contributed by atoms with Crippen molar-refractivity contribution in [2.75, 3.05) is 19.7 Å². The van der Waals surface area contributed by atoms with Crippen LogP contribution in [-0.2, 0) is 10.2 Å². The standard InChI is InChI=1S/C16H23ClN2O2/c17-13-3-1-2-12(10-13)16(11-18)6-4-14(5-7-16)19-8-9-21-15(19)20/h1-3,10,14-15,20H,4-9,11,18H2. The van der Waals surface area contributed by atoms with Gasteiger partial charge in [-0.25, -0.2) is 0 Å². The molecule has 116 valence electrons. The Labute approximate surface area is 130 Å². The monoisotopic (exact) mass is 310 g/mol. The second-order valence-electron chi connectivity index (χ2n) is 6.16. The van der Waals surface area contributed by atoms with Gasteiger partial charge in [-0.15, -0.1) is 0 Å². The third kappa shape index (κ3) is 2.96. The molecule has 2 fully saturated rings. The molecule has 1 atom stereocenters. The Morgan fingerprint density at radius 2 is 2.14 bits per heavy atom. The quantitative estimate of drug-likeness (QED) is 0.897. The van der Waals surface area contributed by atoms with Crippen LogP contribution in [-0.4, -0.2) is 42.2 Å². The zero-order chi connectivity index (χ0) is 14.9. The highest BCUT2D eigenvalue weighted by atomic mass is 35.5. The smallest absolute Gasteiger partial charge is 0.216 e. The van der Waals surface area contributed by atoms with E-state index in [0.29, 0.717) is 19.2 Å². The van der Waals surface area contributed by atoms with Crippen molar-refractivity contribution in [3.8, 4) is 0 Å². The van der Waals surface area contributed by atoms with E-state index in [0.717, 1.165) is 37.3 Å². The molecule has 1 aliphatic carbocycles. The number of halogens is 1. The summed E-state index contributed by atoms with van der Waals surface area (Å²) in [7, 11) is 0. The molecule has 0 spiro atoms. The number of hydrogen-bond donors (Lipinski definition) is 2. The van der Waals surface area contributed by atoms with Gasteiger partial charge in [-0.05, 0) is 43.4 Å². The maximum atomic E-state index is 9.84. The minimum absolute atomic E-state index is 0.0208. The van der Waals surface area contributed by atoms with Gasteiger partial charge in [0.05, 0.1) is 6.61 Å². The van der Waals surface area contributed by atoms with Crippen LogP contribution in [0.15, 0.2) is 24.3 Å². The first kappa shape index (κ1) is 15.3. The maximum absolute atomic E-state index is 9.84. The average molecular weight is 311 g/mol. The Morgan fingerprint density at radius 1 is 1.38 bits per heavy atom. The zero-order valence-corrected chi connectivity index (χ0v) is 12.9. The molecule has 0 amide bonds. The number of nitrogens with two attached hydrogens (primary N) is 1. The summed E-state index contributed by atoms with van der Waals surface area (Å²) in [6.45, 7) is 2.08. The Balaban J connectivity index is 1.72. The van der Waals surface area contributed by atoms with E-state index in [1.165, 1.54) is 5.56 Å². The van der Waals surface area contributed by atoms with Gasteiger partial charge in [0.1, 0.15) is 0 Å². The largest absolute Gasteiger partial charge is 0.356 e. The zero-order valence-electron chi connectivity index (χ0n) is 12.2. The molecule has 1 aromatic rings. The van der Waals surface area contributed by atoms with E-state index in [2.05, 4.69) is 11.0 Å². The lowest BCUT2D eigenvalue weighted by Crippen LogP contribution is -2.47. The van der Waals surface area contributed by atoms with Crippen molar-refractivity contribution in [3.63, 3.8) is 0 Å². The first-order chi connectivity index (χ1) is 10.1. The van der Waals surface area contributed by atoms with Gasteiger partial charge >= 0.3 is 0 Å². The molecule has 0 bridgehead atoms. The van der Waals surface area contributed by atoms with Gasteiger partial charge in [-0.3, -0.25) is 4.90 Å². The molecule has 1 aliphatic heterocycles. The Hall–Kier alpha value is -0.650. The van der Waals surface area contributed by atoms with E-state index in [1.807, 2.05) is 18.2 Å². The first-order valence-electron chi connectivity index (χ1n) is 7.66. The summed E-state index contributed by atoms with van der Waals surface area (Å²) in [5.74, 6) is 0. The van der Waals surface area contributed by atoms with Crippen molar-refractivity contribution in [1.29, 1.82) is 0 Å². The Morgan fingerprint density at radius 3 is 2.71 bits per heavy atom. The Kier molecular flexibility index (Phi) is 4.52. The fourth-order valence-electron chi connectivity index (χ4n) is 3.75.